The average molecular weight is 342 g/mol. The van der Waals surface area contributed by atoms with Crippen molar-refractivity contribution in [2.75, 3.05) is 7.11 Å². The fourth-order valence-electron chi connectivity index (χ4n) is 2.45. The van der Waals surface area contributed by atoms with Crippen LogP contribution in [0.1, 0.15) is 43.3 Å². The SMILES string of the molecule is COC(=O)c1ccc(CCC(=O)ON2C(=O)c3ccccc3C2=O)[nH]1. The number of aromatic nitrogens is 1. The van der Waals surface area contributed by atoms with Gasteiger partial charge in [0.15, 0.2) is 0 Å². The first-order valence-electron chi connectivity index (χ1n) is 7.46. The maximum atomic E-state index is 12.1. The summed E-state index contributed by atoms with van der Waals surface area (Å²) < 4.78 is 4.57. The number of hydrogen-bond acceptors (Lipinski definition) is 6. The van der Waals surface area contributed by atoms with E-state index in [0.717, 1.165) is 0 Å². The van der Waals surface area contributed by atoms with Crippen LogP contribution in [0.5, 0.6) is 0 Å². The number of imide groups is 1. The average Bonchev–Trinajstić information content (AvgIpc) is 3.19. The highest BCUT2D eigenvalue weighted by Gasteiger charge is 2.38. The standard InChI is InChI=1S/C17H14N2O6/c1-24-17(23)13-8-6-10(18-13)7-9-14(20)25-19-15(21)11-4-2-3-5-12(11)16(19)22/h2-6,8,18H,7,9H2,1H3. The second-order valence-electron chi connectivity index (χ2n) is 5.30. The topological polar surface area (TPSA) is 106 Å². The van der Waals surface area contributed by atoms with E-state index in [9.17, 15) is 19.2 Å². The Morgan fingerprint density at radius 3 is 2.28 bits per heavy atom. The van der Waals surface area contributed by atoms with E-state index in [1.165, 1.54) is 25.3 Å². The molecule has 1 aliphatic heterocycles. The zero-order chi connectivity index (χ0) is 18.0. The molecule has 0 saturated heterocycles. The van der Waals surface area contributed by atoms with Crippen LogP contribution in [-0.2, 0) is 20.8 Å². The molecule has 0 bridgehead atoms. The first-order chi connectivity index (χ1) is 12.0. The summed E-state index contributed by atoms with van der Waals surface area (Å²) in [6.07, 6.45) is 0.174. The number of methoxy groups -OCH3 is 1. The molecule has 2 amide bonds. The third kappa shape index (κ3) is 3.14. The van der Waals surface area contributed by atoms with Crippen molar-refractivity contribution in [1.29, 1.82) is 0 Å². The number of esters is 1. The second-order valence-corrected chi connectivity index (χ2v) is 5.30. The van der Waals surface area contributed by atoms with Crippen LogP contribution in [0, 0.1) is 0 Å². The van der Waals surface area contributed by atoms with E-state index in [0.29, 0.717) is 10.8 Å². The number of H-pyrrole nitrogens is 1. The molecule has 128 valence electrons. The van der Waals surface area contributed by atoms with Gasteiger partial charge in [-0.25, -0.2) is 9.59 Å². The number of nitrogens with one attached hydrogen (secondary N) is 1. The summed E-state index contributed by atoms with van der Waals surface area (Å²) in [6, 6.07) is 9.42. The maximum absolute atomic E-state index is 12.1. The van der Waals surface area contributed by atoms with Gasteiger partial charge in [0.2, 0.25) is 0 Å². The van der Waals surface area contributed by atoms with Gasteiger partial charge in [-0.1, -0.05) is 17.2 Å². The number of carbonyl (C=O) groups excluding carboxylic acids is 4. The molecule has 2 aromatic rings. The van der Waals surface area contributed by atoms with Crippen LogP contribution in [0.25, 0.3) is 0 Å². The minimum absolute atomic E-state index is 0.0749. The van der Waals surface area contributed by atoms with Gasteiger partial charge in [0.05, 0.1) is 24.7 Å². The number of hydroxylamine groups is 2. The number of rotatable bonds is 5. The smallest absolute Gasteiger partial charge is 0.354 e. The molecule has 0 saturated carbocycles. The Bertz CT molecular complexity index is 835. The van der Waals surface area contributed by atoms with E-state index in [4.69, 9.17) is 4.84 Å². The van der Waals surface area contributed by atoms with Crippen molar-refractivity contribution in [1.82, 2.24) is 10.0 Å². The summed E-state index contributed by atoms with van der Waals surface area (Å²) in [6.45, 7) is 0. The van der Waals surface area contributed by atoms with E-state index < -0.39 is 23.8 Å². The van der Waals surface area contributed by atoms with Crippen molar-refractivity contribution in [2.45, 2.75) is 12.8 Å². The Labute approximate surface area is 142 Å². The number of hydrogen-bond donors (Lipinski definition) is 1. The highest BCUT2D eigenvalue weighted by Crippen LogP contribution is 2.23. The first-order valence-corrected chi connectivity index (χ1v) is 7.46. The predicted octanol–water partition coefficient (Wildman–Crippen LogP) is 1.49. The molecule has 8 heteroatoms. The number of ether oxygens (including phenoxy) is 1. The predicted molar refractivity (Wildman–Crippen MR) is 83.5 cm³/mol. The number of amides is 2. The Morgan fingerprint density at radius 1 is 1.04 bits per heavy atom. The molecule has 8 nitrogen and oxygen atoms in total. The van der Waals surface area contributed by atoms with Crippen LogP contribution in [0.2, 0.25) is 0 Å². The lowest BCUT2D eigenvalue weighted by molar-refractivity contribution is -0.168. The number of benzene rings is 1. The molecular formula is C17H14N2O6. The van der Waals surface area contributed by atoms with E-state index in [-0.39, 0.29) is 29.7 Å². The zero-order valence-electron chi connectivity index (χ0n) is 13.3. The lowest BCUT2D eigenvalue weighted by atomic mass is 10.1. The van der Waals surface area contributed by atoms with Gasteiger partial charge in [-0.15, -0.1) is 0 Å². The molecule has 25 heavy (non-hydrogen) atoms. The van der Waals surface area contributed by atoms with Gasteiger partial charge in [-0.2, -0.15) is 0 Å². The van der Waals surface area contributed by atoms with Crippen molar-refractivity contribution in [2.24, 2.45) is 0 Å². The van der Waals surface area contributed by atoms with Gasteiger partial charge in [0.25, 0.3) is 11.8 Å². The maximum Gasteiger partial charge on any atom is 0.354 e. The van der Waals surface area contributed by atoms with Crippen LogP contribution in [0.3, 0.4) is 0 Å². The van der Waals surface area contributed by atoms with Gasteiger partial charge in [-0.3, -0.25) is 9.59 Å². The fourth-order valence-corrected chi connectivity index (χ4v) is 2.45. The van der Waals surface area contributed by atoms with Gasteiger partial charge in [0, 0.05) is 5.69 Å². The summed E-state index contributed by atoms with van der Waals surface area (Å²) in [5.41, 5.74) is 1.30. The molecule has 1 aliphatic rings. The van der Waals surface area contributed by atoms with Crippen molar-refractivity contribution in [3.8, 4) is 0 Å². The van der Waals surface area contributed by atoms with Gasteiger partial charge < -0.3 is 14.6 Å². The lowest BCUT2D eigenvalue weighted by Gasteiger charge is -2.12. The zero-order valence-corrected chi connectivity index (χ0v) is 13.3. The third-order valence-corrected chi connectivity index (χ3v) is 3.70. The molecule has 2 heterocycles. The van der Waals surface area contributed by atoms with Gasteiger partial charge in [0.1, 0.15) is 5.69 Å². The quantitative estimate of drug-likeness (QED) is 0.652. The Morgan fingerprint density at radius 2 is 1.68 bits per heavy atom. The number of aromatic amines is 1. The Kier molecular flexibility index (Phi) is 4.34. The number of aryl methyl sites for hydroxylation is 1. The summed E-state index contributed by atoms with van der Waals surface area (Å²) in [7, 11) is 1.27. The molecule has 0 atom stereocenters. The van der Waals surface area contributed by atoms with Gasteiger partial charge in [-0.05, 0) is 30.7 Å². The van der Waals surface area contributed by atoms with E-state index in [2.05, 4.69) is 9.72 Å². The minimum atomic E-state index is -0.733. The summed E-state index contributed by atoms with van der Waals surface area (Å²) in [5, 5.41) is 0.474. The molecule has 0 radical (unpaired) electrons. The van der Waals surface area contributed by atoms with Crippen LogP contribution in [0.4, 0.5) is 0 Å². The lowest BCUT2D eigenvalue weighted by Crippen LogP contribution is -2.32. The highest BCUT2D eigenvalue weighted by atomic mass is 16.7. The molecule has 0 aliphatic carbocycles. The third-order valence-electron chi connectivity index (χ3n) is 3.70. The van der Waals surface area contributed by atoms with E-state index >= 15 is 0 Å². The van der Waals surface area contributed by atoms with E-state index in [1.54, 1.807) is 18.2 Å². The summed E-state index contributed by atoms with van der Waals surface area (Å²) in [4.78, 5) is 55.2. The van der Waals surface area contributed by atoms with Crippen molar-refractivity contribution in [3.05, 3.63) is 58.9 Å². The monoisotopic (exact) mass is 342 g/mol. The number of nitrogens with zero attached hydrogens (tertiary/aromatic N) is 1. The van der Waals surface area contributed by atoms with Crippen LogP contribution < -0.4 is 0 Å². The Balaban J connectivity index is 1.59. The molecule has 0 fully saturated rings. The van der Waals surface area contributed by atoms with Crippen molar-refractivity contribution >= 4 is 23.8 Å². The largest absolute Gasteiger partial charge is 0.464 e. The van der Waals surface area contributed by atoms with Crippen molar-refractivity contribution < 1.29 is 28.8 Å². The molecule has 0 unspecified atom stereocenters. The van der Waals surface area contributed by atoms with Gasteiger partial charge >= 0.3 is 11.9 Å². The normalized spacial score (nSPS) is 12.9. The Hall–Kier alpha value is -3.42. The van der Waals surface area contributed by atoms with E-state index in [1.807, 2.05) is 0 Å². The molecule has 0 spiro atoms. The highest BCUT2D eigenvalue weighted by molar-refractivity contribution is 6.20. The van der Waals surface area contributed by atoms with Crippen LogP contribution >= 0.6 is 0 Å². The van der Waals surface area contributed by atoms with Crippen molar-refractivity contribution in [3.63, 3.8) is 0 Å². The summed E-state index contributed by atoms with van der Waals surface area (Å²) in [5.74, 6) is -2.58. The second kappa shape index (κ2) is 6.60. The molecule has 1 aromatic carbocycles. The minimum Gasteiger partial charge on any atom is -0.464 e. The van der Waals surface area contributed by atoms with Crippen LogP contribution in [-0.4, -0.2) is 40.9 Å². The summed E-state index contributed by atoms with van der Waals surface area (Å²) >= 11 is 0. The number of carbonyl (C=O) groups is 4. The molecule has 3 rings (SSSR count). The molecular weight excluding hydrogens is 328 g/mol. The molecule has 1 N–H and O–H groups in total. The van der Waals surface area contributed by atoms with Crippen LogP contribution in [0.15, 0.2) is 36.4 Å². The number of fused-ring (bicyclic) bond motifs is 1. The first kappa shape index (κ1) is 16.4. The fraction of sp³-hybridized carbons (Fsp3) is 0.176. The molecule has 1 aromatic heterocycles.